The van der Waals surface area contributed by atoms with Crippen molar-refractivity contribution in [3.63, 3.8) is 0 Å². The first kappa shape index (κ1) is 19.4. The summed E-state index contributed by atoms with van der Waals surface area (Å²) in [6, 6.07) is 14.4. The number of fused-ring (bicyclic) bond motifs is 1. The van der Waals surface area contributed by atoms with Crippen molar-refractivity contribution in [2.75, 3.05) is 26.2 Å². The summed E-state index contributed by atoms with van der Waals surface area (Å²) in [7, 11) is 0. The third-order valence-electron chi connectivity index (χ3n) is 5.56. The van der Waals surface area contributed by atoms with Crippen molar-refractivity contribution in [3.8, 4) is 11.3 Å². The molecule has 0 spiro atoms. The molecule has 0 amide bonds. The maximum absolute atomic E-state index is 11.9. The Bertz CT molecular complexity index is 1270. The normalized spacial score (nSPS) is 15.1. The molecule has 1 fully saturated rings. The number of piperazine rings is 1. The van der Waals surface area contributed by atoms with Gasteiger partial charge in [-0.3, -0.25) is 14.7 Å². The fourth-order valence-corrected chi connectivity index (χ4v) is 3.86. The Kier molecular flexibility index (Phi) is 5.43. The number of aromatic amines is 2. The number of benzene rings is 1. The van der Waals surface area contributed by atoms with E-state index in [0.29, 0.717) is 11.0 Å². The monoisotopic (exact) mass is 412 g/mol. The van der Waals surface area contributed by atoms with Crippen molar-refractivity contribution in [1.29, 1.82) is 0 Å². The van der Waals surface area contributed by atoms with Gasteiger partial charge in [0.1, 0.15) is 5.65 Å². The summed E-state index contributed by atoms with van der Waals surface area (Å²) in [6.07, 6.45) is 7.25. The average molecular weight is 412 g/mol. The quantitative estimate of drug-likeness (QED) is 0.469. The highest BCUT2D eigenvalue weighted by Crippen LogP contribution is 2.22. The maximum atomic E-state index is 11.9. The summed E-state index contributed by atoms with van der Waals surface area (Å²) in [5.74, 6) is 0. The van der Waals surface area contributed by atoms with E-state index in [1.165, 1.54) is 11.9 Å². The van der Waals surface area contributed by atoms with Crippen LogP contribution in [0.3, 0.4) is 0 Å². The van der Waals surface area contributed by atoms with Crippen molar-refractivity contribution < 1.29 is 0 Å². The molecule has 1 aliphatic rings. The van der Waals surface area contributed by atoms with Gasteiger partial charge in [0.2, 0.25) is 0 Å². The first-order valence-corrected chi connectivity index (χ1v) is 10.5. The number of pyridine rings is 1. The van der Waals surface area contributed by atoms with E-state index >= 15 is 0 Å². The highest BCUT2D eigenvalue weighted by atomic mass is 16.1. The second kappa shape index (κ2) is 8.67. The van der Waals surface area contributed by atoms with Crippen LogP contribution in [0.4, 0.5) is 0 Å². The predicted molar refractivity (Wildman–Crippen MR) is 123 cm³/mol. The zero-order valence-corrected chi connectivity index (χ0v) is 17.1. The number of hydrogen-bond donors (Lipinski definition) is 3. The molecule has 31 heavy (non-hydrogen) atoms. The minimum absolute atomic E-state index is 0.151. The molecular formula is C24H24N6O. The molecule has 3 N–H and O–H groups in total. The van der Waals surface area contributed by atoms with Crippen molar-refractivity contribution >= 4 is 23.2 Å². The van der Waals surface area contributed by atoms with Gasteiger partial charge in [-0.25, -0.2) is 4.98 Å². The number of rotatable bonds is 5. The lowest BCUT2D eigenvalue weighted by Crippen LogP contribution is -2.42. The number of nitrogens with zero attached hydrogens (tertiary/aromatic N) is 3. The molecule has 4 aromatic rings. The molecule has 0 saturated carbocycles. The van der Waals surface area contributed by atoms with Crippen LogP contribution in [0.1, 0.15) is 16.8 Å². The Balaban J connectivity index is 1.30. The summed E-state index contributed by atoms with van der Waals surface area (Å²) in [4.78, 5) is 28.9. The second-order valence-corrected chi connectivity index (χ2v) is 7.75. The van der Waals surface area contributed by atoms with Crippen LogP contribution in [0, 0.1) is 0 Å². The van der Waals surface area contributed by atoms with Gasteiger partial charge in [0.15, 0.2) is 0 Å². The minimum atomic E-state index is -0.151. The van der Waals surface area contributed by atoms with Gasteiger partial charge < -0.3 is 15.3 Å². The Morgan fingerprint density at radius 2 is 1.84 bits per heavy atom. The van der Waals surface area contributed by atoms with E-state index in [1.807, 2.05) is 24.3 Å². The van der Waals surface area contributed by atoms with Gasteiger partial charge in [-0.05, 0) is 35.4 Å². The highest BCUT2D eigenvalue weighted by molar-refractivity contribution is 5.82. The average Bonchev–Trinajstić information content (AvgIpc) is 3.26. The lowest BCUT2D eigenvalue weighted by molar-refractivity contribution is 0.233. The standard InChI is InChI=1S/C24H24N6O/c31-24-21-14-22(29-23(21)27-16-28-24)19-7-8-26-20(13-19)6-5-17-1-3-18(4-2-17)15-30-11-9-25-10-12-30/h1-8,13-14,16,25H,9-12,15H2,(H2,27,28,29,31)/b6-5+. The van der Waals surface area contributed by atoms with E-state index in [2.05, 4.69) is 60.5 Å². The number of aromatic nitrogens is 4. The van der Waals surface area contributed by atoms with Crippen LogP contribution in [0.2, 0.25) is 0 Å². The highest BCUT2D eigenvalue weighted by Gasteiger charge is 2.10. The van der Waals surface area contributed by atoms with Crippen molar-refractivity contribution in [1.82, 2.24) is 30.2 Å². The summed E-state index contributed by atoms with van der Waals surface area (Å²) < 4.78 is 0. The Morgan fingerprint density at radius 1 is 1.00 bits per heavy atom. The molecular weight excluding hydrogens is 388 g/mol. The molecule has 4 heterocycles. The van der Waals surface area contributed by atoms with Crippen molar-refractivity contribution in [2.45, 2.75) is 6.54 Å². The maximum Gasteiger partial charge on any atom is 0.260 e. The minimum Gasteiger partial charge on any atom is -0.339 e. The largest absolute Gasteiger partial charge is 0.339 e. The number of hydrogen-bond acceptors (Lipinski definition) is 5. The lowest BCUT2D eigenvalue weighted by atomic mass is 10.1. The molecule has 1 aliphatic heterocycles. The van der Waals surface area contributed by atoms with E-state index in [9.17, 15) is 4.79 Å². The molecule has 5 rings (SSSR count). The SMILES string of the molecule is O=c1[nH]cnc2[nH]c(-c3ccnc(/C=C/c4ccc(CN5CCNCC5)cc4)c3)cc12. The van der Waals surface area contributed by atoms with Crippen LogP contribution >= 0.6 is 0 Å². The van der Waals surface area contributed by atoms with E-state index < -0.39 is 0 Å². The fraction of sp³-hybridized carbons (Fsp3) is 0.208. The Morgan fingerprint density at radius 3 is 2.65 bits per heavy atom. The van der Waals surface area contributed by atoms with E-state index in [-0.39, 0.29) is 5.56 Å². The molecule has 1 aromatic carbocycles. The van der Waals surface area contributed by atoms with Gasteiger partial charge in [-0.2, -0.15) is 0 Å². The molecule has 7 nitrogen and oxygen atoms in total. The van der Waals surface area contributed by atoms with Gasteiger partial charge in [0.25, 0.3) is 5.56 Å². The van der Waals surface area contributed by atoms with Gasteiger partial charge in [0, 0.05) is 50.2 Å². The molecule has 0 radical (unpaired) electrons. The van der Waals surface area contributed by atoms with Crippen LogP contribution in [0.25, 0.3) is 34.4 Å². The third-order valence-corrected chi connectivity index (χ3v) is 5.56. The molecule has 0 bridgehead atoms. The zero-order chi connectivity index (χ0) is 21.0. The van der Waals surface area contributed by atoms with Crippen LogP contribution in [0.5, 0.6) is 0 Å². The predicted octanol–water partition coefficient (Wildman–Crippen LogP) is 2.89. The van der Waals surface area contributed by atoms with Crippen LogP contribution < -0.4 is 10.9 Å². The number of H-pyrrole nitrogens is 2. The molecule has 156 valence electrons. The van der Waals surface area contributed by atoms with E-state index in [4.69, 9.17) is 0 Å². The summed E-state index contributed by atoms with van der Waals surface area (Å²) in [5.41, 5.74) is 5.55. The third kappa shape index (κ3) is 4.47. The van der Waals surface area contributed by atoms with Gasteiger partial charge >= 0.3 is 0 Å². The first-order chi connectivity index (χ1) is 15.2. The van der Waals surface area contributed by atoms with Crippen molar-refractivity contribution in [2.24, 2.45) is 0 Å². The Hall–Kier alpha value is -3.55. The number of nitrogens with one attached hydrogen (secondary N) is 3. The smallest absolute Gasteiger partial charge is 0.260 e. The Labute approximate surface area is 179 Å². The molecule has 7 heteroatoms. The van der Waals surface area contributed by atoms with Crippen LogP contribution in [0.15, 0.2) is 59.8 Å². The van der Waals surface area contributed by atoms with Crippen molar-refractivity contribution in [3.05, 3.63) is 82.2 Å². The zero-order valence-electron chi connectivity index (χ0n) is 17.1. The molecule has 3 aromatic heterocycles. The summed E-state index contributed by atoms with van der Waals surface area (Å²) >= 11 is 0. The molecule has 1 saturated heterocycles. The summed E-state index contributed by atoms with van der Waals surface area (Å²) in [6.45, 7) is 5.34. The van der Waals surface area contributed by atoms with Crippen LogP contribution in [-0.4, -0.2) is 51.0 Å². The first-order valence-electron chi connectivity index (χ1n) is 10.5. The van der Waals surface area contributed by atoms with E-state index in [0.717, 1.165) is 55.2 Å². The fourth-order valence-electron chi connectivity index (χ4n) is 3.86. The molecule has 0 aliphatic carbocycles. The van der Waals surface area contributed by atoms with Crippen LogP contribution in [-0.2, 0) is 6.54 Å². The molecule has 0 atom stereocenters. The molecule has 0 unspecified atom stereocenters. The van der Waals surface area contributed by atoms with Gasteiger partial charge in [-0.15, -0.1) is 0 Å². The summed E-state index contributed by atoms with van der Waals surface area (Å²) in [5, 5.41) is 3.94. The topological polar surface area (TPSA) is 89.7 Å². The van der Waals surface area contributed by atoms with Gasteiger partial charge in [-0.1, -0.05) is 30.3 Å². The second-order valence-electron chi connectivity index (χ2n) is 7.75. The lowest BCUT2D eigenvalue weighted by Gasteiger charge is -2.27. The van der Waals surface area contributed by atoms with Gasteiger partial charge in [0.05, 0.1) is 17.4 Å². The van der Waals surface area contributed by atoms with E-state index in [1.54, 1.807) is 6.20 Å².